The molecule has 1 amide bonds. The van der Waals surface area contributed by atoms with Gasteiger partial charge in [0.15, 0.2) is 5.96 Å². The van der Waals surface area contributed by atoms with E-state index in [1.807, 2.05) is 30.3 Å². The molecule has 0 unspecified atom stereocenters. The van der Waals surface area contributed by atoms with Crippen LogP contribution < -0.4 is 16.2 Å². The first-order chi connectivity index (χ1) is 12.7. The minimum absolute atomic E-state index is 0.313. The molecule has 0 heterocycles. The van der Waals surface area contributed by atoms with E-state index in [0.29, 0.717) is 16.8 Å². The van der Waals surface area contributed by atoms with Crippen molar-refractivity contribution in [2.45, 2.75) is 0 Å². The zero-order valence-corrected chi connectivity index (χ0v) is 15.3. The van der Waals surface area contributed by atoms with Crippen molar-refractivity contribution < 1.29 is 13.2 Å². The fourth-order valence-corrected chi connectivity index (χ4v) is 3.42. The highest BCUT2D eigenvalue weighted by molar-refractivity contribution is 7.92. The molecule has 0 aromatic heterocycles. The smallest absolute Gasteiger partial charge is 0.280 e. The van der Waals surface area contributed by atoms with Gasteiger partial charge in [-0.05, 0) is 34.5 Å². The maximum absolute atomic E-state index is 12.5. The third kappa shape index (κ3) is 4.24. The van der Waals surface area contributed by atoms with Gasteiger partial charge in [-0.2, -0.15) is 4.99 Å². The molecule has 0 aliphatic carbocycles. The van der Waals surface area contributed by atoms with Crippen LogP contribution in [0.1, 0.15) is 10.4 Å². The van der Waals surface area contributed by atoms with Crippen LogP contribution in [0.15, 0.2) is 65.7 Å². The molecule has 0 aliphatic heterocycles. The number of nitrogens with two attached hydrogens (primary N) is 2. The molecule has 3 aromatic carbocycles. The molecule has 0 fully saturated rings. The number of rotatable bonds is 4. The van der Waals surface area contributed by atoms with E-state index in [1.165, 1.54) is 0 Å². The number of hydrogen-bond donors (Lipinski definition) is 3. The zero-order chi connectivity index (χ0) is 19.6. The van der Waals surface area contributed by atoms with Crippen molar-refractivity contribution in [3.05, 3.63) is 66.2 Å². The van der Waals surface area contributed by atoms with Crippen molar-refractivity contribution in [3.8, 4) is 11.1 Å². The van der Waals surface area contributed by atoms with E-state index in [4.69, 9.17) is 11.5 Å². The Labute approximate surface area is 156 Å². The fourth-order valence-electron chi connectivity index (χ4n) is 2.86. The Bertz CT molecular complexity index is 1150. The highest BCUT2D eigenvalue weighted by Gasteiger charge is 2.16. The average molecular weight is 382 g/mol. The van der Waals surface area contributed by atoms with Crippen LogP contribution in [-0.2, 0) is 10.0 Å². The van der Waals surface area contributed by atoms with Crippen LogP contribution in [0.4, 0.5) is 5.69 Å². The molecule has 3 aromatic rings. The summed E-state index contributed by atoms with van der Waals surface area (Å²) in [5, 5.41) is 1.81. The van der Waals surface area contributed by atoms with Crippen molar-refractivity contribution in [1.29, 1.82) is 0 Å². The van der Waals surface area contributed by atoms with Crippen molar-refractivity contribution in [2.24, 2.45) is 16.5 Å². The molecule has 3 rings (SSSR count). The summed E-state index contributed by atoms with van der Waals surface area (Å²) >= 11 is 0. The first kappa shape index (κ1) is 18.4. The van der Waals surface area contributed by atoms with Gasteiger partial charge in [-0.25, -0.2) is 8.42 Å². The first-order valence-corrected chi connectivity index (χ1v) is 9.88. The molecule has 8 heteroatoms. The summed E-state index contributed by atoms with van der Waals surface area (Å²) < 4.78 is 25.2. The van der Waals surface area contributed by atoms with Gasteiger partial charge in [0.2, 0.25) is 10.0 Å². The second-order valence-corrected chi connectivity index (χ2v) is 7.75. The van der Waals surface area contributed by atoms with Gasteiger partial charge in [-0.1, -0.05) is 42.5 Å². The van der Waals surface area contributed by atoms with Crippen molar-refractivity contribution in [2.75, 3.05) is 11.0 Å². The molecular formula is C19H18N4O3S. The number of carbonyl (C=O) groups is 1. The Hall–Kier alpha value is -3.39. The predicted octanol–water partition coefficient (Wildman–Crippen LogP) is 2.29. The van der Waals surface area contributed by atoms with Crippen LogP contribution in [0.5, 0.6) is 0 Å². The molecule has 0 aliphatic rings. The number of aliphatic imine (C=N–C) groups is 1. The number of nitrogens with one attached hydrogen (secondary N) is 1. The van der Waals surface area contributed by atoms with Gasteiger partial charge in [-0.15, -0.1) is 0 Å². The van der Waals surface area contributed by atoms with Gasteiger partial charge in [0.05, 0.1) is 11.8 Å². The summed E-state index contributed by atoms with van der Waals surface area (Å²) in [6.07, 6.45) is 1.08. The SMILES string of the molecule is CS(=O)(=O)Nc1ccc(-c2c(C(=O)N=C(N)N)ccc3ccccc23)cc1. The Kier molecular flexibility index (Phi) is 4.83. The number of sulfonamides is 1. The third-order valence-electron chi connectivity index (χ3n) is 3.87. The summed E-state index contributed by atoms with van der Waals surface area (Å²) in [6, 6.07) is 17.9. The van der Waals surface area contributed by atoms with E-state index in [1.54, 1.807) is 30.3 Å². The van der Waals surface area contributed by atoms with Crippen LogP contribution in [0.3, 0.4) is 0 Å². The number of hydrogen-bond acceptors (Lipinski definition) is 3. The fraction of sp³-hybridized carbons (Fsp3) is 0.0526. The average Bonchev–Trinajstić information content (AvgIpc) is 2.59. The number of anilines is 1. The molecule has 138 valence electrons. The van der Waals surface area contributed by atoms with E-state index in [9.17, 15) is 13.2 Å². The number of guanidine groups is 1. The van der Waals surface area contributed by atoms with Crippen LogP contribution in [-0.4, -0.2) is 26.5 Å². The predicted molar refractivity (Wildman–Crippen MR) is 108 cm³/mol. The highest BCUT2D eigenvalue weighted by atomic mass is 32.2. The molecule has 0 radical (unpaired) electrons. The summed E-state index contributed by atoms with van der Waals surface area (Å²) in [5.41, 5.74) is 12.9. The molecule has 0 saturated heterocycles. The lowest BCUT2D eigenvalue weighted by Crippen LogP contribution is -2.24. The van der Waals surface area contributed by atoms with E-state index < -0.39 is 15.9 Å². The Morgan fingerprint density at radius 1 is 0.963 bits per heavy atom. The van der Waals surface area contributed by atoms with Crippen molar-refractivity contribution >= 4 is 38.3 Å². The van der Waals surface area contributed by atoms with Gasteiger partial charge in [-0.3, -0.25) is 9.52 Å². The highest BCUT2D eigenvalue weighted by Crippen LogP contribution is 2.33. The molecule has 0 spiro atoms. The lowest BCUT2D eigenvalue weighted by atomic mass is 9.93. The lowest BCUT2D eigenvalue weighted by Gasteiger charge is -2.12. The van der Waals surface area contributed by atoms with Crippen LogP contribution in [0, 0.1) is 0 Å². The Morgan fingerprint density at radius 2 is 1.63 bits per heavy atom. The van der Waals surface area contributed by atoms with Gasteiger partial charge in [0.1, 0.15) is 0 Å². The molecule has 0 atom stereocenters. The van der Waals surface area contributed by atoms with E-state index >= 15 is 0 Å². The first-order valence-electron chi connectivity index (χ1n) is 7.98. The monoisotopic (exact) mass is 382 g/mol. The number of benzene rings is 3. The quantitative estimate of drug-likeness (QED) is 0.471. The van der Waals surface area contributed by atoms with E-state index in [2.05, 4.69) is 9.71 Å². The van der Waals surface area contributed by atoms with Crippen LogP contribution in [0.2, 0.25) is 0 Å². The van der Waals surface area contributed by atoms with Gasteiger partial charge in [0.25, 0.3) is 5.91 Å². The number of nitrogens with zero attached hydrogens (tertiary/aromatic N) is 1. The summed E-state index contributed by atoms with van der Waals surface area (Å²) in [5.74, 6) is -0.860. The second kappa shape index (κ2) is 7.08. The third-order valence-corrected chi connectivity index (χ3v) is 4.47. The summed E-state index contributed by atoms with van der Waals surface area (Å²) in [6.45, 7) is 0. The van der Waals surface area contributed by atoms with Crippen LogP contribution in [0.25, 0.3) is 21.9 Å². The zero-order valence-electron chi connectivity index (χ0n) is 14.5. The van der Waals surface area contributed by atoms with Crippen LogP contribution >= 0.6 is 0 Å². The summed E-state index contributed by atoms with van der Waals surface area (Å²) in [4.78, 5) is 16.2. The van der Waals surface area contributed by atoms with Gasteiger partial charge in [0, 0.05) is 11.3 Å². The standard InChI is InChI=1S/C19H18N4O3S/c1-27(25,26)23-14-9-6-13(7-10-14)17-15-5-3-2-4-12(15)8-11-16(17)18(24)22-19(20)21/h2-11,23H,1H3,(H4,20,21,22,24). The van der Waals surface area contributed by atoms with Crippen molar-refractivity contribution in [1.82, 2.24) is 0 Å². The molecule has 0 bridgehead atoms. The minimum atomic E-state index is -3.37. The van der Waals surface area contributed by atoms with E-state index in [0.717, 1.165) is 22.6 Å². The largest absolute Gasteiger partial charge is 0.370 e. The van der Waals surface area contributed by atoms with Gasteiger partial charge >= 0.3 is 0 Å². The number of carbonyl (C=O) groups excluding carboxylic acids is 1. The van der Waals surface area contributed by atoms with E-state index in [-0.39, 0.29) is 5.96 Å². The Morgan fingerprint density at radius 3 is 2.26 bits per heavy atom. The molecule has 0 saturated carbocycles. The Balaban J connectivity index is 2.19. The minimum Gasteiger partial charge on any atom is -0.370 e. The normalized spacial score (nSPS) is 11.1. The maximum Gasteiger partial charge on any atom is 0.280 e. The maximum atomic E-state index is 12.5. The lowest BCUT2D eigenvalue weighted by molar-refractivity contribution is 0.100. The topological polar surface area (TPSA) is 128 Å². The number of fused-ring (bicyclic) bond motifs is 1. The van der Waals surface area contributed by atoms with Gasteiger partial charge < -0.3 is 11.5 Å². The second-order valence-electron chi connectivity index (χ2n) is 6.00. The summed E-state index contributed by atoms with van der Waals surface area (Å²) in [7, 11) is -3.37. The number of amides is 1. The molecule has 7 nitrogen and oxygen atoms in total. The van der Waals surface area contributed by atoms with Crippen molar-refractivity contribution in [3.63, 3.8) is 0 Å². The molecular weight excluding hydrogens is 364 g/mol. The molecule has 27 heavy (non-hydrogen) atoms. The molecule has 5 N–H and O–H groups in total.